The van der Waals surface area contributed by atoms with Gasteiger partial charge in [-0.1, -0.05) is 12.1 Å². The van der Waals surface area contributed by atoms with Crippen LogP contribution in [0.1, 0.15) is 37.7 Å². The van der Waals surface area contributed by atoms with Gasteiger partial charge in [0.05, 0.1) is 11.1 Å². The van der Waals surface area contributed by atoms with E-state index in [1.54, 1.807) is 55.3 Å². The fraction of sp³-hybridized carbons (Fsp3) is 0.190. The Kier molecular flexibility index (Phi) is 4.15. The number of H-pyrrole nitrogens is 1. The Morgan fingerprint density at radius 3 is 2.54 bits per heavy atom. The second-order valence-electron chi connectivity index (χ2n) is 6.98. The van der Waals surface area contributed by atoms with Crippen molar-refractivity contribution in [1.29, 1.82) is 0 Å². The minimum absolute atomic E-state index is 0.127. The molecule has 28 heavy (non-hydrogen) atoms. The number of ketones is 2. The van der Waals surface area contributed by atoms with Crippen molar-refractivity contribution in [3.05, 3.63) is 64.7 Å². The standard InChI is InChI=1S/C21H19N3O4/c1-23(11-25)8-7-13-10-24(2)19-16(13)20(27)17-15(9-22-18(17)21(19)28)12-3-5-14(26)6-4-12/h3-6,9-11,22,26H,7-8H2,1-2H3. The molecule has 1 aliphatic rings. The van der Waals surface area contributed by atoms with Crippen molar-refractivity contribution in [3.63, 3.8) is 0 Å². The molecule has 1 amide bonds. The number of aromatic hydroxyl groups is 1. The molecule has 2 heterocycles. The number of hydrogen-bond donors (Lipinski definition) is 2. The summed E-state index contributed by atoms with van der Waals surface area (Å²) in [6.07, 6.45) is 4.64. The van der Waals surface area contributed by atoms with E-state index in [2.05, 4.69) is 4.98 Å². The Bertz CT molecular complexity index is 1110. The molecule has 0 radical (unpaired) electrons. The molecule has 4 rings (SSSR count). The van der Waals surface area contributed by atoms with Gasteiger partial charge in [-0.2, -0.15) is 0 Å². The van der Waals surface area contributed by atoms with Crippen molar-refractivity contribution in [2.45, 2.75) is 6.42 Å². The number of nitrogens with one attached hydrogen (secondary N) is 1. The molecule has 0 spiro atoms. The topological polar surface area (TPSA) is 95.4 Å². The average Bonchev–Trinajstić information content (AvgIpc) is 3.27. The number of benzene rings is 1. The number of fused-ring (bicyclic) bond motifs is 2. The number of aromatic amines is 1. The highest BCUT2D eigenvalue weighted by atomic mass is 16.3. The molecule has 0 aliphatic heterocycles. The third kappa shape index (κ3) is 2.63. The summed E-state index contributed by atoms with van der Waals surface area (Å²) in [6, 6.07) is 6.49. The molecule has 0 fully saturated rings. The van der Waals surface area contributed by atoms with Gasteiger partial charge in [0.15, 0.2) is 5.78 Å². The summed E-state index contributed by atoms with van der Waals surface area (Å²) in [5, 5.41) is 9.52. The maximum atomic E-state index is 13.4. The first-order chi connectivity index (χ1) is 13.4. The van der Waals surface area contributed by atoms with E-state index >= 15 is 0 Å². The summed E-state index contributed by atoms with van der Waals surface area (Å²) in [4.78, 5) is 41.8. The van der Waals surface area contributed by atoms with Crippen LogP contribution in [-0.2, 0) is 18.3 Å². The van der Waals surface area contributed by atoms with Gasteiger partial charge in [0.25, 0.3) is 0 Å². The van der Waals surface area contributed by atoms with Crippen LogP contribution in [0.4, 0.5) is 0 Å². The van der Waals surface area contributed by atoms with Crippen LogP contribution in [0.15, 0.2) is 36.7 Å². The van der Waals surface area contributed by atoms with E-state index in [9.17, 15) is 19.5 Å². The zero-order chi connectivity index (χ0) is 20.0. The number of carbonyl (C=O) groups is 3. The fourth-order valence-corrected chi connectivity index (χ4v) is 3.71. The van der Waals surface area contributed by atoms with Crippen molar-refractivity contribution < 1.29 is 19.5 Å². The van der Waals surface area contributed by atoms with Gasteiger partial charge in [-0.05, 0) is 29.7 Å². The van der Waals surface area contributed by atoms with E-state index in [0.717, 1.165) is 17.5 Å². The predicted octanol–water partition coefficient (Wildman–Crippen LogP) is 2.13. The normalized spacial score (nSPS) is 12.6. The Morgan fingerprint density at radius 2 is 1.86 bits per heavy atom. The molecule has 0 unspecified atom stereocenters. The van der Waals surface area contributed by atoms with E-state index in [1.165, 1.54) is 4.90 Å². The summed E-state index contributed by atoms with van der Waals surface area (Å²) < 4.78 is 1.68. The lowest BCUT2D eigenvalue weighted by Gasteiger charge is -2.16. The van der Waals surface area contributed by atoms with Crippen molar-refractivity contribution in [3.8, 4) is 16.9 Å². The Hall–Kier alpha value is -3.61. The summed E-state index contributed by atoms with van der Waals surface area (Å²) in [5.74, 6) is -0.312. The first-order valence-electron chi connectivity index (χ1n) is 8.86. The largest absolute Gasteiger partial charge is 0.508 e. The van der Waals surface area contributed by atoms with Gasteiger partial charge in [-0.25, -0.2) is 0 Å². The SMILES string of the molecule is CN(C=O)CCc1cn(C)c2c1C(=O)c1c(-c3ccc(O)cc3)c[nH]c1C2=O. The van der Waals surface area contributed by atoms with Crippen LogP contribution in [-0.4, -0.2) is 51.1 Å². The number of phenols is 1. The van der Waals surface area contributed by atoms with Crippen LogP contribution in [0.3, 0.4) is 0 Å². The summed E-state index contributed by atoms with van der Waals surface area (Å²) in [7, 11) is 3.41. The van der Waals surface area contributed by atoms with Crippen molar-refractivity contribution in [1.82, 2.24) is 14.5 Å². The first-order valence-corrected chi connectivity index (χ1v) is 8.86. The number of phenolic OH excluding ortho intramolecular Hbond substituents is 1. The number of carbonyl (C=O) groups excluding carboxylic acids is 3. The lowest BCUT2D eigenvalue weighted by Crippen LogP contribution is -2.24. The number of hydrogen-bond acceptors (Lipinski definition) is 4. The summed E-state index contributed by atoms with van der Waals surface area (Å²) in [6.45, 7) is 0.451. The van der Waals surface area contributed by atoms with Crippen molar-refractivity contribution in [2.24, 2.45) is 7.05 Å². The quantitative estimate of drug-likeness (QED) is 0.521. The van der Waals surface area contributed by atoms with E-state index in [0.29, 0.717) is 35.3 Å². The average molecular weight is 377 g/mol. The molecule has 1 aromatic carbocycles. The molecule has 3 aromatic rings. The number of nitrogens with zero attached hydrogens (tertiary/aromatic N) is 2. The molecule has 0 bridgehead atoms. The third-order valence-corrected chi connectivity index (χ3v) is 5.13. The Labute approximate surface area is 161 Å². The van der Waals surface area contributed by atoms with E-state index in [-0.39, 0.29) is 23.0 Å². The first kappa shape index (κ1) is 17.8. The molecule has 0 atom stereocenters. The van der Waals surface area contributed by atoms with Crippen LogP contribution < -0.4 is 0 Å². The minimum Gasteiger partial charge on any atom is -0.508 e. The maximum absolute atomic E-state index is 13.4. The Balaban J connectivity index is 1.82. The number of amides is 1. The molecule has 2 aromatic heterocycles. The van der Waals surface area contributed by atoms with Crippen molar-refractivity contribution in [2.75, 3.05) is 13.6 Å². The summed E-state index contributed by atoms with van der Waals surface area (Å²) in [5.41, 5.74) is 3.49. The molecule has 0 saturated carbocycles. The number of aryl methyl sites for hydroxylation is 1. The lowest BCUT2D eigenvalue weighted by molar-refractivity contribution is -0.116. The van der Waals surface area contributed by atoms with Gasteiger partial charge in [0.1, 0.15) is 17.1 Å². The monoisotopic (exact) mass is 377 g/mol. The van der Waals surface area contributed by atoms with Gasteiger partial charge in [0.2, 0.25) is 12.2 Å². The molecule has 142 valence electrons. The van der Waals surface area contributed by atoms with Gasteiger partial charge >= 0.3 is 0 Å². The number of likely N-dealkylation sites (N-methyl/N-ethyl adjacent to an activating group) is 1. The van der Waals surface area contributed by atoms with Gasteiger partial charge in [0, 0.05) is 38.6 Å². The van der Waals surface area contributed by atoms with Crippen LogP contribution >= 0.6 is 0 Å². The molecule has 2 N–H and O–H groups in total. The predicted molar refractivity (Wildman–Crippen MR) is 103 cm³/mol. The third-order valence-electron chi connectivity index (χ3n) is 5.13. The molecule has 0 saturated heterocycles. The van der Waals surface area contributed by atoms with E-state index in [1.807, 2.05) is 0 Å². The molecule has 1 aliphatic carbocycles. The van der Waals surface area contributed by atoms with Gasteiger partial charge < -0.3 is 19.6 Å². The van der Waals surface area contributed by atoms with Crippen LogP contribution in [0.25, 0.3) is 11.1 Å². The second kappa shape index (κ2) is 6.53. The highest BCUT2D eigenvalue weighted by Gasteiger charge is 2.37. The maximum Gasteiger partial charge on any atom is 0.227 e. The lowest BCUT2D eigenvalue weighted by atomic mass is 9.86. The van der Waals surface area contributed by atoms with Crippen molar-refractivity contribution >= 4 is 18.0 Å². The molecule has 7 heteroatoms. The van der Waals surface area contributed by atoms with Gasteiger partial charge in [-0.15, -0.1) is 0 Å². The summed E-state index contributed by atoms with van der Waals surface area (Å²) >= 11 is 0. The molecular formula is C21H19N3O4. The van der Waals surface area contributed by atoms with Crippen LogP contribution in [0, 0.1) is 0 Å². The second-order valence-corrected chi connectivity index (χ2v) is 6.98. The Morgan fingerprint density at radius 1 is 1.14 bits per heavy atom. The minimum atomic E-state index is -0.230. The number of rotatable bonds is 5. The van der Waals surface area contributed by atoms with Crippen LogP contribution in [0.2, 0.25) is 0 Å². The van der Waals surface area contributed by atoms with Gasteiger partial charge in [-0.3, -0.25) is 14.4 Å². The molecular weight excluding hydrogens is 358 g/mol. The highest BCUT2D eigenvalue weighted by Crippen LogP contribution is 2.36. The zero-order valence-electron chi connectivity index (χ0n) is 15.5. The fourth-order valence-electron chi connectivity index (χ4n) is 3.71. The number of aromatic nitrogens is 2. The smallest absolute Gasteiger partial charge is 0.227 e. The zero-order valence-corrected chi connectivity index (χ0v) is 15.5. The highest BCUT2D eigenvalue weighted by molar-refractivity contribution is 6.30. The van der Waals surface area contributed by atoms with Crippen LogP contribution in [0.5, 0.6) is 5.75 Å². The van der Waals surface area contributed by atoms with E-state index < -0.39 is 0 Å². The van der Waals surface area contributed by atoms with E-state index in [4.69, 9.17) is 0 Å². The molecule has 7 nitrogen and oxygen atoms in total.